The molecule has 1 heterocycles. The van der Waals surface area contributed by atoms with Gasteiger partial charge in [0.15, 0.2) is 12.4 Å². The number of rotatable bonds is 9. The summed E-state index contributed by atoms with van der Waals surface area (Å²) in [7, 11) is 0. The third-order valence-corrected chi connectivity index (χ3v) is 5.74. The van der Waals surface area contributed by atoms with Crippen molar-refractivity contribution in [1.82, 2.24) is 4.90 Å². The molecule has 0 bridgehead atoms. The van der Waals surface area contributed by atoms with E-state index in [9.17, 15) is 27.6 Å². The molecule has 1 aliphatic rings. The van der Waals surface area contributed by atoms with Crippen LogP contribution < -0.4 is 15.2 Å². The molecule has 2 aromatic rings. The lowest BCUT2D eigenvalue weighted by Crippen LogP contribution is -2.30. The minimum absolute atomic E-state index is 0.0394. The molecule has 0 unspecified atom stereocenters. The molecule has 1 amide bonds. The number of primary amides is 1. The zero-order valence-electron chi connectivity index (χ0n) is 22.7. The number of carboxylic acid groups (broad SMARTS) is 2. The van der Waals surface area contributed by atoms with Crippen LogP contribution in [0.1, 0.15) is 65.1 Å². The Kier molecular flexibility index (Phi) is 10.1. The molecule has 0 fully saturated rings. The summed E-state index contributed by atoms with van der Waals surface area (Å²) in [6.45, 7) is 7.82. The summed E-state index contributed by atoms with van der Waals surface area (Å²) in [4.78, 5) is 46.4. The maximum absolute atomic E-state index is 13.1. The number of carbonyl (C=O) groups excluding carboxylic acids is 2. The molecule has 0 aromatic heterocycles. The van der Waals surface area contributed by atoms with Crippen LogP contribution in [0.4, 0.5) is 13.2 Å². The van der Waals surface area contributed by atoms with E-state index in [-0.39, 0.29) is 29.1 Å². The van der Waals surface area contributed by atoms with Crippen molar-refractivity contribution in [3.8, 4) is 11.5 Å². The van der Waals surface area contributed by atoms with Crippen molar-refractivity contribution in [1.29, 1.82) is 5.41 Å². The summed E-state index contributed by atoms with van der Waals surface area (Å²) in [6.07, 6.45) is -5.08. The van der Waals surface area contributed by atoms with E-state index in [1.54, 1.807) is 42.2 Å². The Morgan fingerprint density at radius 1 is 1.02 bits per heavy atom. The SMILES string of the molecule is CCOc1cc2c(cc1C(N)=O)C(=N)N(CC(=O)c1ccc(OCC(=O)O)c(C(C)(C)C)c1)C2.O=C(O)C(F)(F)F. The van der Waals surface area contributed by atoms with Crippen LogP contribution in [-0.2, 0) is 21.5 Å². The average Bonchev–Trinajstić information content (AvgIpc) is 3.15. The fourth-order valence-corrected chi connectivity index (χ4v) is 3.85. The van der Waals surface area contributed by atoms with E-state index in [1.165, 1.54) is 0 Å². The zero-order valence-corrected chi connectivity index (χ0v) is 22.7. The van der Waals surface area contributed by atoms with Gasteiger partial charge in [0.25, 0.3) is 5.91 Å². The van der Waals surface area contributed by atoms with Crippen LogP contribution in [0.25, 0.3) is 0 Å². The number of carbonyl (C=O) groups is 4. The maximum atomic E-state index is 13.1. The van der Waals surface area contributed by atoms with Gasteiger partial charge < -0.3 is 30.3 Å². The zero-order chi connectivity index (χ0) is 31.3. The van der Waals surface area contributed by atoms with E-state index in [2.05, 4.69) is 0 Å². The van der Waals surface area contributed by atoms with Crippen molar-refractivity contribution in [3.05, 3.63) is 58.1 Å². The Hall–Kier alpha value is -4.62. The van der Waals surface area contributed by atoms with Crippen molar-refractivity contribution in [2.75, 3.05) is 19.8 Å². The molecule has 0 radical (unpaired) electrons. The van der Waals surface area contributed by atoms with E-state index in [1.807, 2.05) is 20.8 Å². The van der Waals surface area contributed by atoms with Gasteiger partial charge in [-0.25, -0.2) is 9.59 Å². The predicted molar refractivity (Wildman–Crippen MR) is 140 cm³/mol. The largest absolute Gasteiger partial charge is 0.493 e. The normalized spacial score (nSPS) is 12.7. The van der Waals surface area contributed by atoms with Crippen LogP contribution in [0.2, 0.25) is 0 Å². The lowest BCUT2D eigenvalue weighted by Gasteiger charge is -2.24. The number of alkyl halides is 3. The molecule has 0 saturated carbocycles. The Labute approximate surface area is 233 Å². The molecule has 2 aromatic carbocycles. The van der Waals surface area contributed by atoms with Crippen LogP contribution in [0.3, 0.4) is 0 Å². The average molecular weight is 582 g/mol. The molecule has 0 spiro atoms. The quantitative estimate of drug-likeness (QED) is 0.322. The van der Waals surface area contributed by atoms with E-state index >= 15 is 0 Å². The highest BCUT2D eigenvalue weighted by atomic mass is 19.4. The highest BCUT2D eigenvalue weighted by molar-refractivity contribution is 6.07. The monoisotopic (exact) mass is 581 g/mol. The van der Waals surface area contributed by atoms with Gasteiger partial charge in [0, 0.05) is 23.2 Å². The molecule has 222 valence electrons. The minimum Gasteiger partial charge on any atom is -0.493 e. The number of halogens is 3. The highest BCUT2D eigenvalue weighted by Crippen LogP contribution is 2.33. The molecular formula is C27H30F3N3O8. The maximum Gasteiger partial charge on any atom is 0.490 e. The van der Waals surface area contributed by atoms with Crippen LogP contribution >= 0.6 is 0 Å². The number of ketones is 1. The number of Topliss-reactive ketones (excluding diaryl/α,β-unsaturated/α-hetero) is 1. The number of amides is 1. The Bertz CT molecular complexity index is 1370. The second-order valence-corrected chi connectivity index (χ2v) is 9.88. The van der Waals surface area contributed by atoms with Crippen molar-refractivity contribution in [2.24, 2.45) is 5.73 Å². The van der Waals surface area contributed by atoms with Gasteiger partial charge in [-0.15, -0.1) is 0 Å². The molecule has 41 heavy (non-hydrogen) atoms. The minimum atomic E-state index is -5.08. The first-order valence-electron chi connectivity index (χ1n) is 12.1. The summed E-state index contributed by atoms with van der Waals surface area (Å²) in [5.41, 5.74) is 7.75. The second kappa shape index (κ2) is 12.7. The number of nitrogens with zero attached hydrogens (tertiary/aromatic N) is 1. The van der Waals surface area contributed by atoms with E-state index < -0.39 is 30.6 Å². The molecule has 14 heteroatoms. The molecule has 3 rings (SSSR count). The van der Waals surface area contributed by atoms with Gasteiger partial charge in [-0.1, -0.05) is 20.8 Å². The number of nitrogens with one attached hydrogen (secondary N) is 1. The number of hydrogen-bond acceptors (Lipinski definition) is 7. The number of nitrogens with two attached hydrogens (primary N) is 1. The van der Waals surface area contributed by atoms with Crippen LogP contribution in [0.15, 0.2) is 30.3 Å². The Morgan fingerprint density at radius 3 is 2.12 bits per heavy atom. The number of aliphatic carboxylic acids is 2. The number of benzene rings is 2. The van der Waals surface area contributed by atoms with Gasteiger partial charge in [-0.3, -0.25) is 15.0 Å². The third kappa shape index (κ3) is 8.43. The van der Waals surface area contributed by atoms with Gasteiger partial charge in [0.1, 0.15) is 17.3 Å². The Balaban J connectivity index is 0.000000745. The van der Waals surface area contributed by atoms with E-state index in [4.69, 9.17) is 35.6 Å². The molecule has 11 nitrogen and oxygen atoms in total. The van der Waals surface area contributed by atoms with Gasteiger partial charge in [-0.2, -0.15) is 13.2 Å². The van der Waals surface area contributed by atoms with Crippen molar-refractivity contribution >= 4 is 29.5 Å². The van der Waals surface area contributed by atoms with E-state index in [0.29, 0.717) is 41.3 Å². The fourth-order valence-electron chi connectivity index (χ4n) is 3.85. The topological polar surface area (TPSA) is 180 Å². The third-order valence-electron chi connectivity index (χ3n) is 5.74. The van der Waals surface area contributed by atoms with Gasteiger partial charge in [0.05, 0.1) is 18.7 Å². The first-order chi connectivity index (χ1) is 18.9. The molecule has 5 N–H and O–H groups in total. The Morgan fingerprint density at radius 2 is 1.63 bits per heavy atom. The highest BCUT2D eigenvalue weighted by Gasteiger charge is 2.38. The van der Waals surface area contributed by atoms with Crippen molar-refractivity contribution in [3.63, 3.8) is 0 Å². The summed E-state index contributed by atoms with van der Waals surface area (Å²) in [5, 5.41) is 24.6. The first-order valence-corrected chi connectivity index (χ1v) is 12.1. The first kappa shape index (κ1) is 32.6. The van der Waals surface area contributed by atoms with Crippen LogP contribution in [-0.4, -0.2) is 70.5 Å². The smallest absolute Gasteiger partial charge is 0.490 e. The van der Waals surface area contributed by atoms with Crippen LogP contribution in [0.5, 0.6) is 11.5 Å². The number of hydrogen-bond donors (Lipinski definition) is 4. The van der Waals surface area contributed by atoms with Crippen molar-refractivity contribution < 1.29 is 52.0 Å². The summed E-state index contributed by atoms with van der Waals surface area (Å²) >= 11 is 0. The number of ether oxygens (including phenoxy) is 2. The van der Waals surface area contributed by atoms with Crippen molar-refractivity contribution in [2.45, 2.75) is 45.8 Å². The van der Waals surface area contributed by atoms with E-state index in [0.717, 1.165) is 5.56 Å². The second-order valence-electron chi connectivity index (χ2n) is 9.88. The molecule has 0 aliphatic carbocycles. The van der Waals surface area contributed by atoms with Crippen LogP contribution in [0, 0.1) is 5.41 Å². The molecule has 1 aliphatic heterocycles. The van der Waals surface area contributed by atoms with Gasteiger partial charge in [0.2, 0.25) is 0 Å². The number of amidine groups is 1. The lowest BCUT2D eigenvalue weighted by molar-refractivity contribution is -0.192. The van der Waals surface area contributed by atoms with Gasteiger partial charge in [-0.05, 0) is 48.2 Å². The summed E-state index contributed by atoms with van der Waals surface area (Å²) in [5.74, 6) is -3.78. The lowest BCUT2D eigenvalue weighted by atomic mass is 9.85. The van der Waals surface area contributed by atoms with Gasteiger partial charge >= 0.3 is 18.1 Å². The standard InChI is InChI=1S/C25H29N3O6.C2HF3O2/c1-5-33-21-9-15-11-28(23(26)16(15)10-17(21)24(27)32)12-19(29)14-6-7-20(34-13-22(30)31)18(8-14)25(2,3)4;3-2(4,5)1(6)7/h6-10,26H,5,11-13H2,1-4H3,(H2,27,32)(H,30,31);(H,6,7). The molecule has 0 saturated heterocycles. The predicted octanol–water partition coefficient (Wildman–Crippen LogP) is 3.60. The number of carboxylic acids is 2. The summed E-state index contributed by atoms with van der Waals surface area (Å²) < 4.78 is 42.7. The molecule has 0 atom stereocenters. The fraction of sp³-hybridized carbons (Fsp3) is 0.370. The molecular weight excluding hydrogens is 551 g/mol. The number of fused-ring (bicyclic) bond motifs is 1. The summed E-state index contributed by atoms with van der Waals surface area (Å²) in [6, 6.07) is 8.16.